The largest absolute Gasteiger partial charge is 0.475 e. The van der Waals surface area contributed by atoms with Gasteiger partial charge in [0.2, 0.25) is 17.7 Å². The first kappa shape index (κ1) is 33.7. The van der Waals surface area contributed by atoms with Crippen molar-refractivity contribution in [2.45, 2.75) is 94.9 Å². The van der Waals surface area contributed by atoms with Crippen molar-refractivity contribution in [2.24, 2.45) is 5.41 Å². The van der Waals surface area contributed by atoms with Gasteiger partial charge >= 0.3 is 6.18 Å². The summed E-state index contributed by atoms with van der Waals surface area (Å²) < 4.78 is 79.2. The molecule has 1 atom stereocenters. The Kier molecular flexibility index (Phi) is 8.90. The number of nitrogens with zero attached hydrogens (tertiary/aromatic N) is 3. The predicted molar refractivity (Wildman–Crippen MR) is 172 cm³/mol. The molecule has 10 nitrogen and oxygen atoms in total. The van der Waals surface area contributed by atoms with Gasteiger partial charge in [-0.3, -0.25) is 9.59 Å². The van der Waals surface area contributed by atoms with Gasteiger partial charge in [-0.2, -0.15) is 18.2 Å². The number of anilines is 1. The number of aromatic nitrogens is 2. The van der Waals surface area contributed by atoms with E-state index in [1.165, 1.54) is 42.2 Å². The lowest BCUT2D eigenvalue weighted by molar-refractivity contribution is -0.193. The number of sulfonamides is 1. The molecule has 0 unspecified atom stereocenters. The van der Waals surface area contributed by atoms with Crippen LogP contribution in [0.5, 0.6) is 5.88 Å². The Bertz CT molecular complexity index is 1820. The zero-order valence-corrected chi connectivity index (χ0v) is 27.7. The quantitative estimate of drug-likeness (QED) is 0.340. The fraction of sp³-hybridized carbons (Fsp3) is 0.471. The molecule has 0 spiro atoms. The first-order valence-electron chi connectivity index (χ1n) is 16.0. The molecule has 256 valence electrons. The van der Waals surface area contributed by atoms with E-state index in [0.717, 1.165) is 16.7 Å². The highest BCUT2D eigenvalue weighted by molar-refractivity contribution is 7.92. The van der Waals surface area contributed by atoms with Crippen LogP contribution >= 0.6 is 0 Å². The number of hydrogen-bond acceptors (Lipinski definition) is 7. The second-order valence-electron chi connectivity index (χ2n) is 13.2. The summed E-state index contributed by atoms with van der Waals surface area (Å²) in [5.74, 6) is -1.09. The molecule has 2 aromatic carbocycles. The number of carbonyl (C=O) groups excluding carboxylic acids is 2. The minimum Gasteiger partial charge on any atom is -0.475 e. The number of nitrogens with one attached hydrogen (secondary N) is 2. The fourth-order valence-electron chi connectivity index (χ4n) is 7.06. The highest BCUT2D eigenvalue weighted by Crippen LogP contribution is 2.61. The van der Waals surface area contributed by atoms with Crippen molar-refractivity contribution in [3.8, 4) is 17.1 Å². The van der Waals surface area contributed by atoms with Crippen molar-refractivity contribution in [1.82, 2.24) is 20.2 Å². The molecule has 4 bridgehead atoms. The van der Waals surface area contributed by atoms with Crippen LogP contribution in [0.2, 0.25) is 0 Å². The van der Waals surface area contributed by atoms with Gasteiger partial charge < -0.3 is 15.0 Å². The van der Waals surface area contributed by atoms with Crippen LogP contribution in [0.4, 0.5) is 19.1 Å². The van der Waals surface area contributed by atoms with Gasteiger partial charge in [0.15, 0.2) is 0 Å². The number of rotatable bonds is 5. The fourth-order valence-corrected chi connectivity index (χ4v) is 8.04. The van der Waals surface area contributed by atoms with E-state index in [1.54, 1.807) is 0 Å². The van der Waals surface area contributed by atoms with Crippen LogP contribution < -0.4 is 14.8 Å². The Balaban J connectivity index is 1.47. The summed E-state index contributed by atoms with van der Waals surface area (Å²) in [5, 5.41) is 2.90. The number of fused-ring (bicyclic) bond motifs is 4. The van der Waals surface area contributed by atoms with Gasteiger partial charge in [-0.1, -0.05) is 24.3 Å². The number of aryl methyl sites for hydroxylation is 2. The molecule has 48 heavy (non-hydrogen) atoms. The van der Waals surface area contributed by atoms with Crippen molar-refractivity contribution in [3.63, 3.8) is 0 Å². The van der Waals surface area contributed by atoms with Gasteiger partial charge in [0.1, 0.15) is 6.61 Å². The Morgan fingerprint density at radius 1 is 1.04 bits per heavy atom. The second kappa shape index (κ2) is 12.7. The molecule has 2 N–H and O–H groups in total. The molecule has 2 aliphatic carbocycles. The summed E-state index contributed by atoms with van der Waals surface area (Å²) in [6, 6.07) is 11.0. The van der Waals surface area contributed by atoms with Crippen molar-refractivity contribution >= 4 is 27.8 Å². The first-order valence-corrected chi connectivity index (χ1v) is 17.5. The third-order valence-electron chi connectivity index (χ3n) is 9.69. The van der Waals surface area contributed by atoms with Crippen LogP contribution in [-0.2, 0) is 14.8 Å². The molecule has 3 aromatic rings. The van der Waals surface area contributed by atoms with E-state index in [4.69, 9.17) is 4.74 Å². The minimum atomic E-state index is -4.48. The normalized spacial score (nSPS) is 23.4. The average molecular weight is 686 g/mol. The molecular formula is C34H38F3N5O5S. The summed E-state index contributed by atoms with van der Waals surface area (Å²) in [6.45, 7) is 4.88. The number of amides is 2. The third kappa shape index (κ3) is 6.85. The number of ether oxygens (including phenoxy) is 1. The van der Waals surface area contributed by atoms with E-state index in [0.29, 0.717) is 31.4 Å². The van der Waals surface area contributed by atoms with Crippen LogP contribution in [0.1, 0.15) is 73.4 Å². The first-order chi connectivity index (χ1) is 22.7. The van der Waals surface area contributed by atoms with E-state index in [2.05, 4.69) is 20.0 Å². The number of halogens is 3. The van der Waals surface area contributed by atoms with Gasteiger partial charge in [0.05, 0.1) is 22.0 Å². The summed E-state index contributed by atoms with van der Waals surface area (Å²) in [6.07, 6.45) is -3.07. The van der Waals surface area contributed by atoms with E-state index >= 15 is 0 Å². The summed E-state index contributed by atoms with van der Waals surface area (Å²) in [7, 11) is -4.30. The molecule has 2 saturated carbocycles. The van der Waals surface area contributed by atoms with Crippen LogP contribution in [0.25, 0.3) is 11.3 Å². The smallest absolute Gasteiger partial charge is 0.394 e. The van der Waals surface area contributed by atoms with Crippen molar-refractivity contribution in [3.05, 3.63) is 65.2 Å². The third-order valence-corrected chi connectivity index (χ3v) is 11.0. The molecule has 2 amide bonds. The molecule has 0 radical (unpaired) electrons. The maximum atomic E-state index is 14.5. The van der Waals surface area contributed by atoms with Crippen molar-refractivity contribution in [1.29, 1.82) is 0 Å². The lowest BCUT2D eigenvalue weighted by atomic mass is 9.87. The molecule has 2 heterocycles. The number of alkyl halides is 3. The summed E-state index contributed by atoms with van der Waals surface area (Å²) in [4.78, 5) is 36.2. The Morgan fingerprint density at radius 2 is 1.71 bits per heavy atom. The number of carbonyl (C=O) groups is 2. The SMILES string of the molecule is CC(=O)N[C@H]1CC[C@H](N2C(=O)c3cccc(c3)S(=O)(=O)Nc3nc(cc(-c4c(C)cccc4C)n3)OC[C@H]2CC2(C(F)(F)F)CC2)CC1. The van der Waals surface area contributed by atoms with Crippen LogP contribution in [0.3, 0.4) is 0 Å². The Morgan fingerprint density at radius 3 is 2.33 bits per heavy atom. The average Bonchev–Trinajstić information content (AvgIpc) is 3.81. The molecule has 14 heteroatoms. The molecular weight excluding hydrogens is 647 g/mol. The highest BCUT2D eigenvalue weighted by atomic mass is 32.2. The molecule has 1 aliphatic heterocycles. The summed E-state index contributed by atoms with van der Waals surface area (Å²) in [5.41, 5.74) is 0.885. The van der Waals surface area contributed by atoms with Gasteiger partial charge in [-0.15, -0.1) is 0 Å². The van der Waals surface area contributed by atoms with Crippen LogP contribution in [-0.4, -0.2) is 66.0 Å². The summed E-state index contributed by atoms with van der Waals surface area (Å²) >= 11 is 0. The van der Waals surface area contributed by atoms with Gasteiger partial charge in [-0.25, -0.2) is 18.1 Å². The van der Waals surface area contributed by atoms with Gasteiger partial charge in [0.25, 0.3) is 15.9 Å². The lowest BCUT2D eigenvalue weighted by Gasteiger charge is -2.43. The van der Waals surface area contributed by atoms with E-state index in [1.807, 2.05) is 32.0 Å². The zero-order valence-electron chi connectivity index (χ0n) is 26.9. The predicted octanol–water partition coefficient (Wildman–Crippen LogP) is 5.94. The second-order valence-corrected chi connectivity index (χ2v) is 14.9. The van der Waals surface area contributed by atoms with Crippen molar-refractivity contribution in [2.75, 3.05) is 11.3 Å². The molecule has 0 saturated heterocycles. The monoisotopic (exact) mass is 685 g/mol. The number of benzene rings is 2. The van der Waals surface area contributed by atoms with Gasteiger partial charge in [0, 0.05) is 36.2 Å². The topological polar surface area (TPSA) is 131 Å². The standard InChI is InChI=1S/C34H38F3N5O5S/c1-20-6-4-7-21(2)30(20)28-17-29-40-32(39-28)41-48(45,46)27-9-5-8-23(16-27)31(44)42(25-12-10-24(11-13-25)38-22(3)43)26(19-47-29)18-33(14-15-33)34(35,36)37/h4-9,16-17,24-26H,10-15,18-19H2,1-3H3,(H,38,43)(H,39,40,41)/t24-,25-,26-/m1/s1. The van der Waals surface area contributed by atoms with Crippen LogP contribution in [0.15, 0.2) is 53.4 Å². The van der Waals surface area contributed by atoms with Crippen LogP contribution in [0, 0.1) is 19.3 Å². The zero-order chi connectivity index (χ0) is 34.4. The maximum absolute atomic E-state index is 14.5. The lowest BCUT2D eigenvalue weighted by Crippen LogP contribution is -2.53. The molecule has 3 aliphatic rings. The Hall–Kier alpha value is -4.20. The van der Waals surface area contributed by atoms with Gasteiger partial charge in [-0.05, 0) is 88.1 Å². The van der Waals surface area contributed by atoms with E-state index in [9.17, 15) is 31.2 Å². The molecule has 1 aromatic heterocycles. The van der Waals surface area contributed by atoms with E-state index < -0.39 is 39.6 Å². The van der Waals surface area contributed by atoms with E-state index in [-0.39, 0.29) is 60.1 Å². The Labute approximate surface area is 277 Å². The maximum Gasteiger partial charge on any atom is 0.394 e. The highest BCUT2D eigenvalue weighted by Gasteiger charge is 2.64. The number of hydrogen-bond donors (Lipinski definition) is 2. The molecule has 2 fully saturated rings. The minimum absolute atomic E-state index is 0.0202. The van der Waals surface area contributed by atoms with Crippen molar-refractivity contribution < 1.29 is 35.9 Å². The molecule has 6 rings (SSSR count).